The minimum atomic E-state index is -4.86. The molecule has 1 aromatic carbocycles. The lowest BCUT2D eigenvalue weighted by Gasteiger charge is -2.08. The van der Waals surface area contributed by atoms with Crippen LogP contribution in [0.2, 0.25) is 0 Å². The molecule has 0 spiro atoms. The number of aryl methyl sites for hydroxylation is 1. The first-order valence-corrected chi connectivity index (χ1v) is 4.91. The summed E-state index contributed by atoms with van der Waals surface area (Å²) in [5, 5.41) is 1.75. The van der Waals surface area contributed by atoms with Crippen LogP contribution in [0.4, 0.5) is 17.6 Å². The Bertz CT molecular complexity index is 414. The van der Waals surface area contributed by atoms with Gasteiger partial charge in [0, 0.05) is 6.54 Å². The lowest BCUT2D eigenvalue weighted by atomic mass is 10.1. The minimum Gasteiger partial charge on any atom is -0.348 e. The summed E-state index contributed by atoms with van der Waals surface area (Å²) in [5.74, 6) is -2.33. The van der Waals surface area contributed by atoms with Crippen molar-refractivity contribution in [3.63, 3.8) is 0 Å². The highest BCUT2D eigenvalue weighted by Crippen LogP contribution is 2.14. The van der Waals surface area contributed by atoms with Gasteiger partial charge in [0.25, 0.3) is 0 Å². The van der Waals surface area contributed by atoms with E-state index in [-0.39, 0.29) is 18.8 Å². The van der Waals surface area contributed by atoms with Gasteiger partial charge in [-0.3, -0.25) is 4.79 Å². The highest BCUT2D eigenvalue weighted by Gasteiger charge is 2.38. The van der Waals surface area contributed by atoms with Gasteiger partial charge >= 0.3 is 12.1 Å². The summed E-state index contributed by atoms with van der Waals surface area (Å²) in [7, 11) is 0. The van der Waals surface area contributed by atoms with Crippen molar-refractivity contribution in [3.05, 3.63) is 35.1 Å². The zero-order chi connectivity index (χ0) is 13.1. The first-order valence-electron chi connectivity index (χ1n) is 4.91. The monoisotopic (exact) mass is 249 g/mol. The van der Waals surface area contributed by atoms with Crippen LogP contribution in [-0.2, 0) is 11.2 Å². The minimum absolute atomic E-state index is 0.136. The van der Waals surface area contributed by atoms with Crippen LogP contribution in [0.3, 0.4) is 0 Å². The van der Waals surface area contributed by atoms with E-state index in [1.54, 1.807) is 12.2 Å². The van der Waals surface area contributed by atoms with Crippen molar-refractivity contribution in [2.45, 2.75) is 19.5 Å². The second-order valence-electron chi connectivity index (χ2n) is 3.59. The van der Waals surface area contributed by atoms with Crippen molar-refractivity contribution >= 4 is 5.91 Å². The first-order chi connectivity index (χ1) is 7.80. The Balaban J connectivity index is 2.46. The Morgan fingerprint density at radius 1 is 1.35 bits per heavy atom. The van der Waals surface area contributed by atoms with Crippen molar-refractivity contribution in [2.24, 2.45) is 0 Å². The van der Waals surface area contributed by atoms with Crippen LogP contribution in [0, 0.1) is 12.7 Å². The van der Waals surface area contributed by atoms with Crippen LogP contribution in [0.15, 0.2) is 18.2 Å². The maximum absolute atomic E-state index is 12.9. The molecule has 6 heteroatoms. The van der Waals surface area contributed by atoms with Crippen LogP contribution in [0.5, 0.6) is 0 Å². The summed E-state index contributed by atoms with van der Waals surface area (Å²) in [6.07, 6.45) is -4.64. The van der Waals surface area contributed by atoms with Crippen LogP contribution < -0.4 is 5.32 Å². The Morgan fingerprint density at radius 3 is 2.53 bits per heavy atom. The number of hydrogen-bond donors (Lipinski definition) is 1. The normalized spacial score (nSPS) is 11.4. The zero-order valence-electron chi connectivity index (χ0n) is 9.07. The second kappa shape index (κ2) is 5.16. The van der Waals surface area contributed by atoms with E-state index >= 15 is 0 Å². The van der Waals surface area contributed by atoms with Crippen LogP contribution >= 0.6 is 0 Å². The smallest absolute Gasteiger partial charge is 0.348 e. The molecule has 0 radical (unpaired) electrons. The van der Waals surface area contributed by atoms with Crippen LogP contribution in [0.1, 0.15) is 11.1 Å². The molecule has 0 fully saturated rings. The number of carbonyl (C=O) groups is 1. The molecular weight excluding hydrogens is 238 g/mol. The molecule has 2 nitrogen and oxygen atoms in total. The van der Waals surface area contributed by atoms with Crippen molar-refractivity contribution in [2.75, 3.05) is 6.54 Å². The lowest BCUT2D eigenvalue weighted by molar-refractivity contribution is -0.173. The molecular formula is C11H11F4NO. The van der Waals surface area contributed by atoms with E-state index in [4.69, 9.17) is 0 Å². The second-order valence-corrected chi connectivity index (χ2v) is 3.59. The van der Waals surface area contributed by atoms with Crippen molar-refractivity contribution in [1.82, 2.24) is 5.32 Å². The van der Waals surface area contributed by atoms with Gasteiger partial charge in [0.2, 0.25) is 0 Å². The molecule has 1 rings (SSSR count). The molecule has 0 unspecified atom stereocenters. The van der Waals surface area contributed by atoms with Gasteiger partial charge in [-0.05, 0) is 30.5 Å². The number of rotatable bonds is 3. The van der Waals surface area contributed by atoms with E-state index in [2.05, 4.69) is 0 Å². The number of alkyl halides is 3. The molecule has 0 saturated heterocycles. The number of nitrogens with one attached hydrogen (secondary N) is 1. The summed E-state index contributed by atoms with van der Waals surface area (Å²) in [5.41, 5.74) is 1.09. The average Bonchev–Trinajstić information content (AvgIpc) is 2.22. The molecule has 0 saturated carbocycles. The van der Waals surface area contributed by atoms with E-state index in [9.17, 15) is 22.4 Å². The highest BCUT2D eigenvalue weighted by atomic mass is 19.4. The summed E-state index contributed by atoms with van der Waals surface area (Å²) >= 11 is 0. The van der Waals surface area contributed by atoms with E-state index in [1.807, 2.05) is 0 Å². The third-order valence-corrected chi connectivity index (χ3v) is 2.18. The maximum Gasteiger partial charge on any atom is 0.471 e. The predicted octanol–water partition coefficient (Wildman–Crippen LogP) is 2.36. The molecule has 1 amide bonds. The number of amides is 1. The largest absolute Gasteiger partial charge is 0.471 e. The molecule has 17 heavy (non-hydrogen) atoms. The van der Waals surface area contributed by atoms with E-state index < -0.39 is 12.1 Å². The van der Waals surface area contributed by atoms with Crippen LogP contribution in [-0.4, -0.2) is 18.6 Å². The SMILES string of the molecule is Cc1cc(CCNC(=O)C(F)(F)F)ccc1F. The van der Waals surface area contributed by atoms with Crippen molar-refractivity contribution in [1.29, 1.82) is 0 Å². The third kappa shape index (κ3) is 4.05. The summed E-state index contributed by atoms with van der Waals surface area (Å²) in [6, 6.07) is 4.26. The number of benzene rings is 1. The average molecular weight is 249 g/mol. The highest BCUT2D eigenvalue weighted by molar-refractivity contribution is 5.81. The van der Waals surface area contributed by atoms with Gasteiger partial charge in [0.15, 0.2) is 0 Å². The number of hydrogen-bond acceptors (Lipinski definition) is 1. The van der Waals surface area contributed by atoms with E-state index in [1.165, 1.54) is 18.2 Å². The zero-order valence-corrected chi connectivity index (χ0v) is 9.07. The Kier molecular flexibility index (Phi) is 4.09. The predicted molar refractivity (Wildman–Crippen MR) is 53.9 cm³/mol. The molecule has 1 aromatic rings. The molecule has 0 aliphatic heterocycles. The lowest BCUT2D eigenvalue weighted by Crippen LogP contribution is -2.37. The fourth-order valence-electron chi connectivity index (χ4n) is 1.28. The molecule has 0 aliphatic rings. The van der Waals surface area contributed by atoms with Gasteiger partial charge < -0.3 is 5.32 Å². The molecule has 0 heterocycles. The fourth-order valence-corrected chi connectivity index (χ4v) is 1.28. The summed E-state index contributed by atoms with van der Waals surface area (Å²) < 4.78 is 48.4. The fraction of sp³-hybridized carbons (Fsp3) is 0.364. The Hall–Kier alpha value is -1.59. The van der Waals surface area contributed by atoms with Gasteiger partial charge in [-0.15, -0.1) is 0 Å². The van der Waals surface area contributed by atoms with Gasteiger partial charge in [0.05, 0.1) is 0 Å². The summed E-state index contributed by atoms with van der Waals surface area (Å²) in [6.45, 7) is 1.43. The first kappa shape index (κ1) is 13.5. The van der Waals surface area contributed by atoms with Crippen molar-refractivity contribution in [3.8, 4) is 0 Å². The summed E-state index contributed by atoms with van der Waals surface area (Å²) in [4.78, 5) is 10.5. The van der Waals surface area contributed by atoms with E-state index in [0.29, 0.717) is 11.1 Å². The topological polar surface area (TPSA) is 29.1 Å². The number of carbonyl (C=O) groups excluding carboxylic acids is 1. The van der Waals surface area contributed by atoms with Gasteiger partial charge in [0.1, 0.15) is 5.82 Å². The molecule has 0 atom stereocenters. The maximum atomic E-state index is 12.9. The van der Waals surface area contributed by atoms with Gasteiger partial charge in [-0.25, -0.2) is 4.39 Å². The quantitative estimate of drug-likeness (QED) is 0.818. The van der Waals surface area contributed by atoms with Crippen molar-refractivity contribution < 1.29 is 22.4 Å². The molecule has 0 aliphatic carbocycles. The molecule has 1 N–H and O–H groups in total. The molecule has 0 aromatic heterocycles. The number of halogens is 4. The van der Waals surface area contributed by atoms with Crippen LogP contribution in [0.25, 0.3) is 0 Å². The standard InChI is InChI=1S/C11H11F4NO/c1-7-6-8(2-3-9(7)12)4-5-16-10(17)11(13,14)15/h2-3,6H,4-5H2,1H3,(H,16,17). The molecule has 0 bridgehead atoms. The molecule has 94 valence electrons. The van der Waals surface area contributed by atoms with Gasteiger partial charge in [-0.1, -0.05) is 12.1 Å². The Labute approximate surface area is 95.6 Å². The van der Waals surface area contributed by atoms with E-state index in [0.717, 1.165) is 0 Å². The third-order valence-electron chi connectivity index (χ3n) is 2.18. The Morgan fingerprint density at radius 2 is 2.00 bits per heavy atom. The van der Waals surface area contributed by atoms with Gasteiger partial charge in [-0.2, -0.15) is 13.2 Å².